The second-order valence-corrected chi connectivity index (χ2v) is 6.80. The van der Waals surface area contributed by atoms with E-state index in [1.54, 1.807) is 0 Å². The van der Waals surface area contributed by atoms with E-state index in [0.717, 1.165) is 25.9 Å². The number of hydrogen-bond acceptors (Lipinski definition) is 4. The topological polar surface area (TPSA) is 53.0 Å². The molecule has 1 rings (SSSR count). The number of carbonyl (C=O) groups excluding carboxylic acids is 1. The van der Waals surface area contributed by atoms with Crippen molar-refractivity contribution in [2.75, 3.05) is 26.2 Å². The molecule has 1 saturated heterocycles. The number of ether oxygens (including phenoxy) is 1. The van der Waals surface area contributed by atoms with Crippen molar-refractivity contribution in [1.82, 2.24) is 9.80 Å². The zero-order valence-electron chi connectivity index (χ0n) is 13.6. The third-order valence-corrected chi connectivity index (χ3v) is 3.45. The fourth-order valence-electron chi connectivity index (χ4n) is 2.70. The van der Waals surface area contributed by atoms with E-state index in [-0.39, 0.29) is 24.8 Å². The first-order valence-corrected chi connectivity index (χ1v) is 7.59. The van der Waals surface area contributed by atoms with E-state index in [1.165, 1.54) is 0 Å². The zero-order chi connectivity index (χ0) is 15.3. The van der Waals surface area contributed by atoms with Crippen molar-refractivity contribution in [2.24, 2.45) is 0 Å². The summed E-state index contributed by atoms with van der Waals surface area (Å²) in [7, 11) is 0. The van der Waals surface area contributed by atoms with Gasteiger partial charge in [-0.25, -0.2) is 4.79 Å². The Hall–Kier alpha value is -0.810. The third kappa shape index (κ3) is 5.29. The highest BCUT2D eigenvalue weighted by molar-refractivity contribution is 5.69. The number of β-amino-alcohol motifs (C(OH)–C–C–N with tert-alkyl or cyclic N) is 1. The highest BCUT2D eigenvalue weighted by atomic mass is 16.6. The number of amides is 1. The maximum Gasteiger partial charge on any atom is 0.410 e. The summed E-state index contributed by atoms with van der Waals surface area (Å²) in [5, 5.41) is 9.07. The number of carbonyl (C=O) groups is 1. The van der Waals surface area contributed by atoms with E-state index in [9.17, 15) is 4.79 Å². The molecular weight excluding hydrogens is 256 g/mol. The van der Waals surface area contributed by atoms with E-state index in [2.05, 4.69) is 4.90 Å². The normalized spacial score (nSPS) is 21.1. The molecule has 5 heteroatoms. The first-order valence-electron chi connectivity index (χ1n) is 7.59. The van der Waals surface area contributed by atoms with E-state index >= 15 is 0 Å². The van der Waals surface area contributed by atoms with Gasteiger partial charge >= 0.3 is 6.09 Å². The minimum absolute atomic E-state index is 0.115. The molecule has 0 aromatic rings. The van der Waals surface area contributed by atoms with Gasteiger partial charge in [0.2, 0.25) is 0 Å². The van der Waals surface area contributed by atoms with Gasteiger partial charge in [0.25, 0.3) is 0 Å². The molecule has 1 heterocycles. The van der Waals surface area contributed by atoms with Crippen molar-refractivity contribution in [3.63, 3.8) is 0 Å². The van der Waals surface area contributed by atoms with Crippen LogP contribution in [0.5, 0.6) is 0 Å². The molecule has 0 aromatic carbocycles. The lowest BCUT2D eigenvalue weighted by Gasteiger charge is -2.41. The predicted molar refractivity (Wildman–Crippen MR) is 79.8 cm³/mol. The second kappa shape index (κ2) is 7.27. The summed E-state index contributed by atoms with van der Waals surface area (Å²) in [6.07, 6.45) is 1.82. The largest absolute Gasteiger partial charge is 0.444 e. The molecule has 0 bridgehead atoms. The van der Waals surface area contributed by atoms with Gasteiger partial charge in [-0.3, -0.25) is 4.90 Å². The smallest absolute Gasteiger partial charge is 0.410 e. The summed E-state index contributed by atoms with van der Waals surface area (Å²) in [5.41, 5.74) is -0.469. The van der Waals surface area contributed by atoms with Crippen LogP contribution < -0.4 is 0 Å². The molecule has 5 nitrogen and oxygen atoms in total. The Morgan fingerprint density at radius 2 is 2.10 bits per heavy atom. The van der Waals surface area contributed by atoms with E-state index in [4.69, 9.17) is 9.84 Å². The van der Waals surface area contributed by atoms with E-state index < -0.39 is 5.60 Å². The van der Waals surface area contributed by atoms with Crippen molar-refractivity contribution < 1.29 is 14.6 Å². The molecule has 20 heavy (non-hydrogen) atoms. The monoisotopic (exact) mass is 286 g/mol. The molecule has 1 N–H and O–H groups in total. The molecule has 0 radical (unpaired) electrons. The Morgan fingerprint density at radius 1 is 1.45 bits per heavy atom. The van der Waals surface area contributed by atoms with Crippen LogP contribution in [0.25, 0.3) is 0 Å². The van der Waals surface area contributed by atoms with Crippen molar-refractivity contribution in [1.29, 1.82) is 0 Å². The summed E-state index contributed by atoms with van der Waals surface area (Å²) in [5.74, 6) is 0. The van der Waals surface area contributed by atoms with E-state index in [0.29, 0.717) is 6.54 Å². The Balaban J connectivity index is 2.72. The van der Waals surface area contributed by atoms with Crippen LogP contribution in [0.2, 0.25) is 0 Å². The van der Waals surface area contributed by atoms with Gasteiger partial charge < -0.3 is 14.7 Å². The molecule has 0 unspecified atom stereocenters. The Morgan fingerprint density at radius 3 is 2.60 bits per heavy atom. The third-order valence-electron chi connectivity index (χ3n) is 3.45. The first-order chi connectivity index (χ1) is 9.24. The van der Waals surface area contributed by atoms with Crippen LogP contribution in [0.1, 0.15) is 47.5 Å². The number of rotatable bonds is 4. The Kier molecular flexibility index (Phi) is 6.27. The summed E-state index contributed by atoms with van der Waals surface area (Å²) >= 11 is 0. The number of piperidine rings is 1. The van der Waals surface area contributed by atoms with Gasteiger partial charge in [0.1, 0.15) is 5.60 Å². The number of nitrogens with zero attached hydrogens (tertiary/aromatic N) is 2. The van der Waals surface area contributed by atoms with Gasteiger partial charge in [0.15, 0.2) is 0 Å². The quantitative estimate of drug-likeness (QED) is 0.860. The summed E-state index contributed by atoms with van der Waals surface area (Å²) in [6, 6.07) is 0.286. The van der Waals surface area contributed by atoms with Gasteiger partial charge in [0, 0.05) is 25.2 Å². The highest BCUT2D eigenvalue weighted by Crippen LogP contribution is 2.21. The minimum Gasteiger partial charge on any atom is -0.444 e. The lowest BCUT2D eigenvalue weighted by molar-refractivity contribution is -0.00319. The van der Waals surface area contributed by atoms with Crippen molar-refractivity contribution in [3.8, 4) is 0 Å². The van der Waals surface area contributed by atoms with Crippen molar-refractivity contribution >= 4 is 6.09 Å². The molecule has 0 saturated carbocycles. The van der Waals surface area contributed by atoms with Crippen LogP contribution >= 0.6 is 0 Å². The molecule has 0 aliphatic carbocycles. The number of hydrogen-bond donors (Lipinski definition) is 1. The zero-order valence-corrected chi connectivity index (χ0v) is 13.6. The predicted octanol–water partition coefficient (Wildman–Crippen LogP) is 2.09. The molecule has 118 valence electrons. The maximum atomic E-state index is 12.4. The van der Waals surface area contributed by atoms with Gasteiger partial charge in [0.05, 0.1) is 6.61 Å². The molecular formula is C15H30N2O3. The summed E-state index contributed by atoms with van der Waals surface area (Å²) in [6.45, 7) is 12.4. The maximum absolute atomic E-state index is 12.4. The summed E-state index contributed by atoms with van der Waals surface area (Å²) < 4.78 is 5.53. The lowest BCUT2D eigenvalue weighted by atomic mass is 10.0. The first kappa shape index (κ1) is 17.2. The molecule has 1 amide bonds. The Labute approximate surface area is 122 Å². The number of aliphatic hydroxyl groups is 1. The average molecular weight is 286 g/mol. The Bertz CT molecular complexity index is 311. The van der Waals surface area contributed by atoms with Gasteiger partial charge in [-0.15, -0.1) is 0 Å². The van der Waals surface area contributed by atoms with Crippen molar-refractivity contribution in [3.05, 3.63) is 0 Å². The fourth-order valence-corrected chi connectivity index (χ4v) is 2.70. The SMILES string of the molecule is CC(C)N(C(=O)OC(C)(C)C)[C@@H]1CCCN(CCO)C1. The molecule has 1 aliphatic heterocycles. The van der Waals surface area contributed by atoms with Crippen molar-refractivity contribution in [2.45, 2.75) is 65.1 Å². The van der Waals surface area contributed by atoms with Crippen LogP contribution in [-0.2, 0) is 4.74 Å². The average Bonchev–Trinajstić information content (AvgIpc) is 2.26. The van der Waals surface area contributed by atoms with Crippen LogP contribution in [0, 0.1) is 0 Å². The molecule has 1 aliphatic rings. The number of likely N-dealkylation sites (tertiary alicyclic amines) is 1. The lowest BCUT2D eigenvalue weighted by Crippen LogP contribution is -2.54. The molecule has 1 fully saturated rings. The van der Waals surface area contributed by atoms with Gasteiger partial charge in [-0.05, 0) is 54.0 Å². The highest BCUT2D eigenvalue weighted by Gasteiger charge is 2.33. The molecule has 0 aromatic heterocycles. The standard InChI is InChI=1S/C15H30N2O3/c1-12(2)17(14(19)20-15(3,4)5)13-7-6-8-16(11-13)9-10-18/h12-13,18H,6-11H2,1-5H3/t13-/m1/s1. The second-order valence-electron chi connectivity index (χ2n) is 6.80. The summed E-state index contributed by atoms with van der Waals surface area (Å²) in [4.78, 5) is 16.5. The van der Waals surface area contributed by atoms with Crippen LogP contribution in [0.15, 0.2) is 0 Å². The fraction of sp³-hybridized carbons (Fsp3) is 0.933. The molecule has 0 spiro atoms. The number of aliphatic hydroxyl groups excluding tert-OH is 1. The van der Waals surface area contributed by atoms with Crippen LogP contribution in [0.3, 0.4) is 0 Å². The van der Waals surface area contributed by atoms with Crippen LogP contribution in [0.4, 0.5) is 4.79 Å². The van der Waals surface area contributed by atoms with Gasteiger partial charge in [-0.2, -0.15) is 0 Å². The van der Waals surface area contributed by atoms with Gasteiger partial charge in [-0.1, -0.05) is 0 Å². The minimum atomic E-state index is -0.469. The van der Waals surface area contributed by atoms with E-state index in [1.807, 2.05) is 39.5 Å². The van der Waals surface area contributed by atoms with Crippen LogP contribution in [-0.4, -0.2) is 64.9 Å². The molecule has 1 atom stereocenters.